The first-order valence-electron chi connectivity index (χ1n) is 10.2. The van der Waals surface area contributed by atoms with Gasteiger partial charge < -0.3 is 10.3 Å². The molecule has 4 aromatic rings. The first-order valence-corrected chi connectivity index (χ1v) is 10.2. The maximum Gasteiger partial charge on any atom is 0.0963 e. The van der Waals surface area contributed by atoms with Crippen molar-refractivity contribution in [2.75, 3.05) is 6.54 Å². The molecule has 0 unspecified atom stereocenters. The van der Waals surface area contributed by atoms with Crippen LogP contribution in [0, 0.1) is 0 Å². The molecule has 0 aliphatic carbocycles. The molecule has 0 amide bonds. The normalized spacial score (nSPS) is 11.1. The molecule has 0 atom stereocenters. The van der Waals surface area contributed by atoms with Gasteiger partial charge in [0.25, 0.3) is 0 Å². The van der Waals surface area contributed by atoms with Crippen molar-refractivity contribution in [3.63, 3.8) is 0 Å². The van der Waals surface area contributed by atoms with Crippen molar-refractivity contribution in [1.82, 2.24) is 19.3 Å². The van der Waals surface area contributed by atoms with E-state index in [1.807, 2.05) is 35.5 Å². The second kappa shape index (κ2) is 9.34. The molecule has 0 saturated heterocycles. The van der Waals surface area contributed by atoms with E-state index in [0.29, 0.717) is 0 Å². The van der Waals surface area contributed by atoms with Crippen molar-refractivity contribution >= 4 is 0 Å². The Morgan fingerprint density at radius 2 is 1.72 bits per heavy atom. The molecule has 0 aliphatic heterocycles. The summed E-state index contributed by atoms with van der Waals surface area (Å²) in [5.41, 5.74) is 11.4. The zero-order valence-electron chi connectivity index (χ0n) is 16.6. The van der Waals surface area contributed by atoms with Crippen LogP contribution in [0.4, 0.5) is 0 Å². The standard InChI is InChI=1S/C24H27N5/c25-13-5-2-6-15-28-19-26-23(21-10-3-1-4-11-21)24(28)22-12-7-9-20(17-22)18-29-16-8-14-27-29/h1,3-4,7-12,14,16-17,19H,2,5-6,13,15,18,25H2. The van der Waals surface area contributed by atoms with Gasteiger partial charge in [0.05, 0.1) is 24.3 Å². The maximum atomic E-state index is 5.65. The molecule has 29 heavy (non-hydrogen) atoms. The SMILES string of the molecule is NCCCCCn1cnc(-c2ccccc2)c1-c1cccc(Cn2cccn2)c1. The quantitative estimate of drug-likeness (QED) is 0.429. The van der Waals surface area contributed by atoms with E-state index in [4.69, 9.17) is 10.7 Å². The summed E-state index contributed by atoms with van der Waals surface area (Å²) in [4.78, 5) is 4.79. The smallest absolute Gasteiger partial charge is 0.0963 e. The topological polar surface area (TPSA) is 61.7 Å². The van der Waals surface area contributed by atoms with Crippen LogP contribution in [0.3, 0.4) is 0 Å². The number of nitrogens with zero attached hydrogens (tertiary/aromatic N) is 4. The molecule has 4 rings (SSSR count). The highest BCUT2D eigenvalue weighted by Gasteiger charge is 2.15. The lowest BCUT2D eigenvalue weighted by atomic mass is 10.0. The van der Waals surface area contributed by atoms with E-state index in [1.165, 1.54) is 16.8 Å². The third-order valence-corrected chi connectivity index (χ3v) is 5.09. The van der Waals surface area contributed by atoms with Gasteiger partial charge in [-0.1, -0.05) is 55.0 Å². The molecular formula is C24H27N5. The summed E-state index contributed by atoms with van der Waals surface area (Å²) in [5.74, 6) is 0. The van der Waals surface area contributed by atoms with Gasteiger partial charge in [0.2, 0.25) is 0 Å². The van der Waals surface area contributed by atoms with Crippen molar-refractivity contribution in [2.45, 2.75) is 32.4 Å². The average Bonchev–Trinajstić information content (AvgIpc) is 3.42. The lowest BCUT2D eigenvalue weighted by Crippen LogP contribution is -2.03. The Morgan fingerprint density at radius 3 is 2.52 bits per heavy atom. The first kappa shape index (κ1) is 19.2. The fraction of sp³-hybridized carbons (Fsp3) is 0.250. The van der Waals surface area contributed by atoms with Gasteiger partial charge in [0, 0.05) is 30.1 Å². The summed E-state index contributed by atoms with van der Waals surface area (Å²) in [6.07, 6.45) is 9.07. The van der Waals surface area contributed by atoms with Crippen LogP contribution in [-0.2, 0) is 13.1 Å². The Bertz CT molecular complexity index is 1020. The van der Waals surface area contributed by atoms with E-state index < -0.39 is 0 Å². The summed E-state index contributed by atoms with van der Waals surface area (Å²) in [6, 6.07) is 21.1. The number of aryl methyl sites for hydroxylation is 1. The molecule has 2 N–H and O–H groups in total. The predicted octanol–water partition coefficient (Wildman–Crippen LogP) is 4.59. The fourth-order valence-electron chi connectivity index (χ4n) is 3.66. The van der Waals surface area contributed by atoms with Crippen molar-refractivity contribution in [3.05, 3.63) is 84.9 Å². The van der Waals surface area contributed by atoms with Crippen molar-refractivity contribution in [2.24, 2.45) is 5.73 Å². The summed E-state index contributed by atoms with van der Waals surface area (Å²) >= 11 is 0. The Hall–Kier alpha value is -3.18. The molecule has 148 valence electrons. The van der Waals surface area contributed by atoms with Gasteiger partial charge in [0.15, 0.2) is 0 Å². The molecule has 2 aromatic heterocycles. The van der Waals surface area contributed by atoms with Crippen molar-refractivity contribution in [1.29, 1.82) is 0 Å². The van der Waals surface area contributed by atoms with Crippen LogP contribution in [0.2, 0.25) is 0 Å². The third-order valence-electron chi connectivity index (χ3n) is 5.09. The number of unbranched alkanes of at least 4 members (excludes halogenated alkanes) is 2. The number of hydrogen-bond acceptors (Lipinski definition) is 3. The van der Waals surface area contributed by atoms with Crippen LogP contribution in [0.25, 0.3) is 22.5 Å². The van der Waals surface area contributed by atoms with E-state index in [2.05, 4.69) is 58.2 Å². The summed E-state index contributed by atoms with van der Waals surface area (Å²) < 4.78 is 4.23. The van der Waals surface area contributed by atoms with E-state index in [0.717, 1.165) is 50.2 Å². The van der Waals surface area contributed by atoms with Gasteiger partial charge in [-0.15, -0.1) is 0 Å². The van der Waals surface area contributed by atoms with Crippen LogP contribution in [0.15, 0.2) is 79.4 Å². The van der Waals surface area contributed by atoms with E-state index in [9.17, 15) is 0 Å². The van der Waals surface area contributed by atoms with Gasteiger partial charge in [-0.3, -0.25) is 4.68 Å². The molecule has 2 aromatic carbocycles. The lowest BCUT2D eigenvalue weighted by Gasteiger charge is -2.12. The molecule has 0 bridgehead atoms. The molecule has 0 radical (unpaired) electrons. The van der Waals surface area contributed by atoms with Crippen LogP contribution in [0.1, 0.15) is 24.8 Å². The Morgan fingerprint density at radius 1 is 0.862 bits per heavy atom. The summed E-state index contributed by atoms with van der Waals surface area (Å²) in [5, 5.41) is 4.33. The minimum atomic E-state index is 0.752. The Labute approximate surface area is 171 Å². The molecule has 0 aliphatic rings. The largest absolute Gasteiger partial charge is 0.330 e. The van der Waals surface area contributed by atoms with Crippen LogP contribution < -0.4 is 5.73 Å². The van der Waals surface area contributed by atoms with Gasteiger partial charge >= 0.3 is 0 Å². The number of nitrogens with two attached hydrogens (primary N) is 1. The maximum absolute atomic E-state index is 5.65. The highest BCUT2D eigenvalue weighted by Crippen LogP contribution is 2.32. The van der Waals surface area contributed by atoms with Crippen molar-refractivity contribution in [3.8, 4) is 22.5 Å². The monoisotopic (exact) mass is 385 g/mol. The number of benzene rings is 2. The van der Waals surface area contributed by atoms with Gasteiger partial charge in [-0.05, 0) is 37.1 Å². The second-order valence-electron chi connectivity index (χ2n) is 7.25. The average molecular weight is 386 g/mol. The van der Waals surface area contributed by atoms with Gasteiger partial charge in [-0.2, -0.15) is 5.10 Å². The van der Waals surface area contributed by atoms with Crippen molar-refractivity contribution < 1.29 is 0 Å². The Kier molecular flexibility index (Phi) is 6.17. The predicted molar refractivity (Wildman–Crippen MR) is 117 cm³/mol. The number of aromatic nitrogens is 4. The van der Waals surface area contributed by atoms with Gasteiger partial charge in [0.1, 0.15) is 0 Å². The minimum Gasteiger partial charge on any atom is -0.330 e. The Balaban J connectivity index is 1.69. The molecule has 2 heterocycles. The molecule has 0 fully saturated rings. The number of hydrogen-bond donors (Lipinski definition) is 1. The van der Waals surface area contributed by atoms with Gasteiger partial charge in [-0.25, -0.2) is 4.98 Å². The zero-order valence-corrected chi connectivity index (χ0v) is 16.6. The minimum absolute atomic E-state index is 0.752. The summed E-state index contributed by atoms with van der Waals surface area (Å²) in [6.45, 7) is 2.45. The third kappa shape index (κ3) is 4.63. The van der Waals surface area contributed by atoms with Crippen LogP contribution in [-0.4, -0.2) is 25.9 Å². The number of imidazole rings is 1. The van der Waals surface area contributed by atoms with Crippen LogP contribution >= 0.6 is 0 Å². The fourth-order valence-corrected chi connectivity index (χ4v) is 3.66. The van der Waals surface area contributed by atoms with E-state index in [1.54, 1.807) is 0 Å². The lowest BCUT2D eigenvalue weighted by molar-refractivity contribution is 0.594. The molecular weight excluding hydrogens is 358 g/mol. The number of rotatable bonds is 9. The van der Waals surface area contributed by atoms with E-state index in [-0.39, 0.29) is 0 Å². The molecule has 0 saturated carbocycles. The molecule has 5 nitrogen and oxygen atoms in total. The zero-order chi connectivity index (χ0) is 19.9. The second-order valence-corrected chi connectivity index (χ2v) is 7.25. The highest BCUT2D eigenvalue weighted by atomic mass is 15.3. The summed E-state index contributed by atoms with van der Waals surface area (Å²) in [7, 11) is 0. The van der Waals surface area contributed by atoms with Crippen LogP contribution in [0.5, 0.6) is 0 Å². The first-order chi connectivity index (χ1) is 14.3. The molecule has 0 spiro atoms. The molecule has 5 heteroatoms. The van der Waals surface area contributed by atoms with E-state index >= 15 is 0 Å². The highest BCUT2D eigenvalue weighted by molar-refractivity contribution is 5.78.